The maximum Gasteiger partial charge on any atom is 0.191 e. The van der Waals surface area contributed by atoms with Gasteiger partial charge >= 0.3 is 0 Å². The summed E-state index contributed by atoms with van der Waals surface area (Å²) in [6.45, 7) is 3.86. The van der Waals surface area contributed by atoms with Crippen LogP contribution in [0.15, 0.2) is 41.1 Å². The third kappa shape index (κ3) is 3.26. The summed E-state index contributed by atoms with van der Waals surface area (Å²) in [7, 11) is 3.53. The Labute approximate surface area is 177 Å². The molecule has 0 amide bonds. The Morgan fingerprint density at radius 3 is 2.57 bits per heavy atom. The highest BCUT2D eigenvalue weighted by atomic mass is 16.5. The lowest BCUT2D eigenvalue weighted by molar-refractivity contribution is 0.237. The van der Waals surface area contributed by atoms with Crippen LogP contribution in [-0.4, -0.2) is 38.8 Å². The van der Waals surface area contributed by atoms with Gasteiger partial charge in [0.15, 0.2) is 16.9 Å². The van der Waals surface area contributed by atoms with E-state index in [0.717, 1.165) is 17.6 Å². The maximum absolute atomic E-state index is 10.1. The first kappa shape index (κ1) is 21.2. The summed E-state index contributed by atoms with van der Waals surface area (Å²) in [5.41, 5.74) is 6.52. The molecule has 2 aliphatic rings. The highest BCUT2D eigenvalue weighted by molar-refractivity contribution is 5.60. The van der Waals surface area contributed by atoms with Crippen LogP contribution in [0, 0.1) is 45.3 Å². The van der Waals surface area contributed by atoms with Gasteiger partial charge in [0.05, 0.1) is 37.1 Å². The van der Waals surface area contributed by atoms with Gasteiger partial charge in [-0.2, -0.15) is 15.8 Å². The molecule has 7 heteroatoms. The lowest BCUT2D eigenvalue weighted by Crippen LogP contribution is -2.47. The molecule has 0 unspecified atom stereocenters. The molecule has 2 N–H and O–H groups in total. The van der Waals surface area contributed by atoms with Gasteiger partial charge < -0.3 is 20.1 Å². The first-order valence-electron chi connectivity index (χ1n) is 9.89. The van der Waals surface area contributed by atoms with E-state index in [-0.39, 0.29) is 17.2 Å². The zero-order valence-corrected chi connectivity index (χ0v) is 17.5. The lowest BCUT2D eigenvalue weighted by Gasteiger charge is -2.45. The zero-order valence-electron chi connectivity index (χ0n) is 17.5. The predicted molar refractivity (Wildman–Crippen MR) is 111 cm³/mol. The number of hydrogen-bond acceptors (Lipinski definition) is 7. The van der Waals surface area contributed by atoms with Gasteiger partial charge in [0.2, 0.25) is 0 Å². The number of likely N-dealkylation sites (N-methyl/N-ethyl adjacent to an activating group) is 1. The van der Waals surface area contributed by atoms with Crippen molar-refractivity contribution in [3.8, 4) is 29.7 Å². The van der Waals surface area contributed by atoms with Crippen LogP contribution >= 0.6 is 0 Å². The van der Waals surface area contributed by atoms with Crippen molar-refractivity contribution in [3.05, 3.63) is 46.7 Å². The van der Waals surface area contributed by atoms with E-state index in [2.05, 4.69) is 23.1 Å². The van der Waals surface area contributed by atoms with Gasteiger partial charge in [-0.05, 0) is 36.7 Å². The molecule has 0 radical (unpaired) electrons. The van der Waals surface area contributed by atoms with Crippen LogP contribution in [0.4, 0.5) is 0 Å². The van der Waals surface area contributed by atoms with Crippen molar-refractivity contribution >= 4 is 0 Å². The molecule has 154 valence electrons. The number of allylic oxidation sites excluding steroid dienone is 2. The Balaban J connectivity index is 2.23. The fourth-order valence-electron chi connectivity index (χ4n) is 4.41. The molecule has 2 atom stereocenters. The van der Waals surface area contributed by atoms with Crippen LogP contribution in [0.25, 0.3) is 0 Å². The highest BCUT2D eigenvalue weighted by Crippen LogP contribution is 2.54. The van der Waals surface area contributed by atoms with Gasteiger partial charge in [0.25, 0.3) is 0 Å². The maximum atomic E-state index is 10.1. The summed E-state index contributed by atoms with van der Waals surface area (Å²) in [6.07, 6.45) is 2.83. The molecule has 1 aliphatic heterocycles. The standard InChI is InChI=1S/C23H25N5O2/c1-4-9-30-19-6-5-15(10-20(19)29-3)21-18-12-28(2)8-7-16(18)17(11-24)22(27)23(21,13-25)14-26/h5-7,10,18,21H,4,8-9,12,27H2,1-3H3/t18-,21-/m1/s1. The molecule has 30 heavy (non-hydrogen) atoms. The van der Waals surface area contributed by atoms with Gasteiger partial charge in [0.1, 0.15) is 6.07 Å². The third-order valence-electron chi connectivity index (χ3n) is 5.86. The second-order valence-electron chi connectivity index (χ2n) is 7.66. The molecular formula is C23H25N5O2. The Morgan fingerprint density at radius 1 is 1.23 bits per heavy atom. The van der Waals surface area contributed by atoms with Crippen molar-refractivity contribution < 1.29 is 9.47 Å². The fourth-order valence-corrected chi connectivity index (χ4v) is 4.41. The van der Waals surface area contributed by atoms with Crippen molar-refractivity contribution in [1.29, 1.82) is 15.8 Å². The molecule has 3 rings (SSSR count). The summed E-state index contributed by atoms with van der Waals surface area (Å²) in [5.74, 6) is 0.370. The van der Waals surface area contributed by atoms with Crippen LogP contribution in [0.5, 0.6) is 11.5 Å². The number of nitrogens with two attached hydrogens (primary N) is 1. The van der Waals surface area contributed by atoms with Gasteiger partial charge in [-0.25, -0.2) is 0 Å². The molecule has 1 heterocycles. The quantitative estimate of drug-likeness (QED) is 0.803. The number of nitrogens with zero attached hydrogens (tertiary/aromatic N) is 4. The van der Waals surface area contributed by atoms with Gasteiger partial charge in [-0.1, -0.05) is 19.1 Å². The molecule has 0 aromatic heterocycles. The van der Waals surface area contributed by atoms with Crippen molar-refractivity contribution in [2.75, 3.05) is 33.9 Å². The molecule has 0 fully saturated rings. The van der Waals surface area contributed by atoms with E-state index in [0.29, 0.717) is 31.2 Å². The number of nitriles is 3. The van der Waals surface area contributed by atoms with Crippen LogP contribution in [0.3, 0.4) is 0 Å². The summed E-state index contributed by atoms with van der Waals surface area (Å²) >= 11 is 0. The number of hydrogen-bond donors (Lipinski definition) is 1. The smallest absolute Gasteiger partial charge is 0.191 e. The van der Waals surface area contributed by atoms with Crippen molar-refractivity contribution in [3.63, 3.8) is 0 Å². The number of methoxy groups -OCH3 is 1. The highest BCUT2D eigenvalue weighted by Gasteiger charge is 2.54. The average molecular weight is 403 g/mol. The normalized spacial score (nSPS) is 22.7. The van der Waals surface area contributed by atoms with E-state index < -0.39 is 11.3 Å². The van der Waals surface area contributed by atoms with E-state index in [1.807, 2.05) is 32.2 Å². The van der Waals surface area contributed by atoms with Crippen LogP contribution in [0.1, 0.15) is 24.8 Å². The number of benzene rings is 1. The summed E-state index contributed by atoms with van der Waals surface area (Å²) in [5, 5.41) is 30.0. The van der Waals surface area contributed by atoms with Crippen LogP contribution in [0.2, 0.25) is 0 Å². The second kappa shape index (κ2) is 8.49. The average Bonchev–Trinajstić information content (AvgIpc) is 2.77. The minimum absolute atomic E-state index is 0.0253. The van der Waals surface area contributed by atoms with E-state index in [1.54, 1.807) is 13.2 Å². The monoisotopic (exact) mass is 403 g/mol. The van der Waals surface area contributed by atoms with Gasteiger partial charge in [0, 0.05) is 24.9 Å². The van der Waals surface area contributed by atoms with Crippen LogP contribution in [-0.2, 0) is 0 Å². The molecule has 0 saturated carbocycles. The van der Waals surface area contributed by atoms with E-state index in [1.165, 1.54) is 0 Å². The third-order valence-corrected chi connectivity index (χ3v) is 5.86. The van der Waals surface area contributed by atoms with E-state index in [4.69, 9.17) is 15.2 Å². The van der Waals surface area contributed by atoms with Crippen LogP contribution < -0.4 is 15.2 Å². The van der Waals surface area contributed by atoms with E-state index in [9.17, 15) is 15.8 Å². The fraction of sp³-hybridized carbons (Fsp3) is 0.435. The molecule has 0 spiro atoms. The Bertz CT molecular complexity index is 1010. The van der Waals surface area contributed by atoms with Crippen molar-refractivity contribution in [2.45, 2.75) is 19.3 Å². The van der Waals surface area contributed by atoms with Gasteiger partial charge in [-0.15, -0.1) is 0 Å². The first-order chi connectivity index (χ1) is 14.5. The molecule has 1 aromatic rings. The molecule has 1 aromatic carbocycles. The minimum Gasteiger partial charge on any atom is -0.493 e. The molecule has 7 nitrogen and oxygen atoms in total. The summed E-state index contributed by atoms with van der Waals surface area (Å²) < 4.78 is 11.3. The number of rotatable bonds is 5. The van der Waals surface area contributed by atoms with Gasteiger partial charge in [-0.3, -0.25) is 0 Å². The summed E-state index contributed by atoms with van der Waals surface area (Å²) in [4.78, 5) is 2.10. The molecular weight excluding hydrogens is 378 g/mol. The SMILES string of the molecule is CCCOc1ccc([C@@H]2[C@@H]3CN(C)CC=C3C(C#N)=C(N)C2(C#N)C#N)cc1OC. The topological polar surface area (TPSA) is 119 Å². The first-order valence-corrected chi connectivity index (χ1v) is 9.89. The minimum atomic E-state index is -1.65. The van der Waals surface area contributed by atoms with E-state index >= 15 is 0 Å². The summed E-state index contributed by atoms with van der Waals surface area (Å²) in [6, 6.07) is 11.9. The lowest BCUT2D eigenvalue weighted by atomic mass is 9.58. The predicted octanol–water partition coefficient (Wildman–Crippen LogP) is 2.84. The Kier molecular flexibility index (Phi) is 6.01. The molecule has 0 bridgehead atoms. The Morgan fingerprint density at radius 2 is 1.97 bits per heavy atom. The zero-order chi connectivity index (χ0) is 21.9. The molecule has 0 saturated heterocycles. The second-order valence-corrected chi connectivity index (χ2v) is 7.66. The van der Waals surface area contributed by atoms with Crippen molar-refractivity contribution in [1.82, 2.24) is 4.90 Å². The largest absolute Gasteiger partial charge is 0.493 e. The van der Waals surface area contributed by atoms with Crippen molar-refractivity contribution in [2.24, 2.45) is 17.1 Å². The molecule has 1 aliphatic carbocycles. The Hall–Kier alpha value is -3.47. The number of ether oxygens (including phenoxy) is 2. The number of fused-ring (bicyclic) bond motifs is 1.